The van der Waals surface area contributed by atoms with E-state index in [0.717, 1.165) is 17.8 Å². The second-order valence-corrected chi connectivity index (χ2v) is 10.2. The average Bonchev–Trinajstić information content (AvgIpc) is 3.32. The molecule has 7 heteroatoms. The number of imidazole rings is 1. The van der Waals surface area contributed by atoms with Gasteiger partial charge in [-0.25, -0.2) is 4.98 Å². The molecule has 4 rings (SSSR count). The second-order valence-electron chi connectivity index (χ2n) is 10.2. The number of methoxy groups -OCH3 is 1. The molecule has 0 unspecified atom stereocenters. The molecule has 1 fully saturated rings. The number of hydrogen-bond acceptors (Lipinski definition) is 4. The van der Waals surface area contributed by atoms with E-state index in [1.54, 1.807) is 6.20 Å². The maximum absolute atomic E-state index is 14.5. The van der Waals surface area contributed by atoms with Crippen LogP contribution in [0.15, 0.2) is 67.0 Å². The Bertz CT molecular complexity index is 1170. The molecule has 37 heavy (non-hydrogen) atoms. The highest BCUT2D eigenvalue weighted by atomic mass is 16.5. The predicted octanol–water partition coefficient (Wildman–Crippen LogP) is 3.80. The molecule has 0 bridgehead atoms. The molecule has 2 aromatic carbocycles. The predicted molar refractivity (Wildman–Crippen MR) is 144 cm³/mol. The number of amides is 2. The van der Waals surface area contributed by atoms with Crippen molar-refractivity contribution in [1.82, 2.24) is 19.4 Å². The first-order valence-electron chi connectivity index (χ1n) is 13.0. The van der Waals surface area contributed by atoms with Crippen molar-refractivity contribution in [3.05, 3.63) is 89.5 Å². The third-order valence-electron chi connectivity index (χ3n) is 7.51. The van der Waals surface area contributed by atoms with Crippen molar-refractivity contribution >= 4 is 11.8 Å². The molecule has 1 aliphatic heterocycles. The lowest BCUT2D eigenvalue weighted by Crippen LogP contribution is -2.53. The smallest absolute Gasteiger partial charge is 0.248 e. The van der Waals surface area contributed by atoms with Gasteiger partial charge in [-0.3, -0.25) is 9.59 Å². The molecule has 2 amide bonds. The molecule has 0 radical (unpaired) electrons. The van der Waals surface area contributed by atoms with Crippen LogP contribution in [0.5, 0.6) is 0 Å². The number of likely N-dealkylation sites (tertiary alicyclic amines) is 1. The van der Waals surface area contributed by atoms with Gasteiger partial charge in [-0.2, -0.15) is 0 Å². The number of benzene rings is 2. The molecular weight excluding hydrogens is 464 g/mol. The van der Waals surface area contributed by atoms with Crippen LogP contribution in [-0.2, 0) is 40.8 Å². The maximum atomic E-state index is 14.5. The Kier molecular flexibility index (Phi) is 8.77. The van der Waals surface area contributed by atoms with Crippen molar-refractivity contribution < 1.29 is 14.3 Å². The van der Waals surface area contributed by atoms with Gasteiger partial charge in [0.2, 0.25) is 11.8 Å². The molecule has 1 aliphatic rings. The zero-order valence-electron chi connectivity index (χ0n) is 22.2. The van der Waals surface area contributed by atoms with Crippen LogP contribution in [0.25, 0.3) is 0 Å². The van der Waals surface area contributed by atoms with E-state index >= 15 is 0 Å². The Morgan fingerprint density at radius 1 is 1.03 bits per heavy atom. The maximum Gasteiger partial charge on any atom is 0.248 e. The number of nitrogens with zero attached hydrogens (tertiary/aromatic N) is 4. The third-order valence-corrected chi connectivity index (χ3v) is 7.51. The van der Waals surface area contributed by atoms with Crippen LogP contribution in [0.3, 0.4) is 0 Å². The second kappa shape index (κ2) is 12.2. The van der Waals surface area contributed by atoms with Crippen molar-refractivity contribution in [2.75, 3.05) is 33.4 Å². The number of carbonyl (C=O) groups excluding carboxylic acids is 2. The molecule has 1 saturated heterocycles. The monoisotopic (exact) mass is 502 g/mol. The van der Waals surface area contributed by atoms with Gasteiger partial charge in [-0.05, 0) is 43.7 Å². The highest BCUT2D eigenvalue weighted by Crippen LogP contribution is 2.38. The topological polar surface area (TPSA) is 67.7 Å². The Labute approximate surface area is 220 Å². The van der Waals surface area contributed by atoms with Crippen molar-refractivity contribution in [2.24, 2.45) is 12.5 Å². The van der Waals surface area contributed by atoms with Gasteiger partial charge < -0.3 is 19.1 Å². The third kappa shape index (κ3) is 6.66. The zero-order chi connectivity index (χ0) is 26.3. The largest absolute Gasteiger partial charge is 0.375 e. The van der Waals surface area contributed by atoms with Crippen molar-refractivity contribution in [1.29, 1.82) is 0 Å². The molecule has 2 heterocycles. The summed E-state index contributed by atoms with van der Waals surface area (Å²) in [6.45, 7) is 4.32. The summed E-state index contributed by atoms with van der Waals surface area (Å²) in [5, 5.41) is 0. The molecule has 0 aliphatic carbocycles. The molecule has 0 spiro atoms. The number of piperidine rings is 1. The van der Waals surface area contributed by atoms with Gasteiger partial charge in [0.1, 0.15) is 12.4 Å². The molecule has 0 saturated carbocycles. The van der Waals surface area contributed by atoms with Gasteiger partial charge in [0, 0.05) is 46.2 Å². The highest BCUT2D eigenvalue weighted by molar-refractivity contribution is 5.84. The average molecular weight is 503 g/mol. The Hall–Kier alpha value is -3.45. The summed E-state index contributed by atoms with van der Waals surface area (Å²) in [5.74, 6) is 0.984. The molecule has 0 atom stereocenters. The van der Waals surface area contributed by atoms with E-state index in [2.05, 4.69) is 48.3 Å². The molecule has 196 valence electrons. The molecule has 1 aromatic heterocycles. The Morgan fingerprint density at radius 2 is 1.73 bits per heavy atom. The minimum absolute atomic E-state index is 0.0208. The molecule has 7 nitrogen and oxygen atoms in total. The first-order chi connectivity index (χ1) is 17.9. The summed E-state index contributed by atoms with van der Waals surface area (Å²) < 4.78 is 7.04. The van der Waals surface area contributed by atoms with Crippen LogP contribution >= 0.6 is 0 Å². The van der Waals surface area contributed by atoms with E-state index in [4.69, 9.17) is 4.74 Å². The van der Waals surface area contributed by atoms with Crippen molar-refractivity contribution in [2.45, 2.75) is 39.2 Å². The van der Waals surface area contributed by atoms with E-state index in [0.29, 0.717) is 45.4 Å². The number of carbonyl (C=O) groups is 2. The fraction of sp³-hybridized carbons (Fsp3) is 0.433. The minimum Gasteiger partial charge on any atom is -0.375 e. The number of hydrogen-bond donors (Lipinski definition) is 0. The summed E-state index contributed by atoms with van der Waals surface area (Å²) in [6, 6.07) is 18.7. The van der Waals surface area contributed by atoms with E-state index in [9.17, 15) is 9.59 Å². The van der Waals surface area contributed by atoms with Crippen LogP contribution in [0, 0.1) is 12.3 Å². The minimum atomic E-state index is -0.580. The van der Waals surface area contributed by atoms with Gasteiger partial charge in [0.25, 0.3) is 0 Å². The van der Waals surface area contributed by atoms with Crippen LogP contribution in [0.2, 0.25) is 0 Å². The normalized spacial score (nSPS) is 14.9. The summed E-state index contributed by atoms with van der Waals surface area (Å²) >= 11 is 0. The van der Waals surface area contributed by atoms with Crippen LogP contribution in [0.1, 0.15) is 35.4 Å². The summed E-state index contributed by atoms with van der Waals surface area (Å²) in [5.41, 5.74) is 2.99. The molecule has 0 N–H and O–H groups in total. The summed E-state index contributed by atoms with van der Waals surface area (Å²) in [7, 11) is 3.50. The summed E-state index contributed by atoms with van der Waals surface area (Å²) in [4.78, 5) is 35.3. The van der Waals surface area contributed by atoms with Crippen LogP contribution < -0.4 is 0 Å². The van der Waals surface area contributed by atoms with Crippen LogP contribution in [0.4, 0.5) is 0 Å². The Balaban J connectivity index is 1.60. The number of ether oxygens (including phenoxy) is 1. The van der Waals surface area contributed by atoms with Gasteiger partial charge in [0.15, 0.2) is 0 Å². The lowest BCUT2D eigenvalue weighted by molar-refractivity contribution is -0.150. The molecule has 3 aromatic rings. The van der Waals surface area contributed by atoms with Crippen molar-refractivity contribution in [3.8, 4) is 0 Å². The van der Waals surface area contributed by atoms with Gasteiger partial charge in [0.05, 0.1) is 12.0 Å². The van der Waals surface area contributed by atoms with Gasteiger partial charge >= 0.3 is 0 Å². The van der Waals surface area contributed by atoms with E-state index in [-0.39, 0.29) is 18.4 Å². The number of aromatic nitrogens is 2. The number of aryl methyl sites for hydroxylation is 2. The zero-order valence-corrected chi connectivity index (χ0v) is 22.2. The van der Waals surface area contributed by atoms with Crippen LogP contribution in [-0.4, -0.2) is 64.5 Å². The van der Waals surface area contributed by atoms with Crippen molar-refractivity contribution in [3.63, 3.8) is 0 Å². The van der Waals surface area contributed by atoms with E-state index < -0.39 is 5.41 Å². The molecular formula is C30H38N4O3. The van der Waals surface area contributed by atoms with E-state index in [1.807, 2.05) is 45.8 Å². The van der Waals surface area contributed by atoms with Gasteiger partial charge in [-0.15, -0.1) is 0 Å². The first-order valence-corrected chi connectivity index (χ1v) is 13.0. The highest BCUT2D eigenvalue weighted by Gasteiger charge is 2.44. The SMILES string of the molecule is COCC(=O)N1CCC(Cc2ccccc2)(C(=O)N(CCc2ccc(C)cc2)Cc2nccn2C)CC1. The first kappa shape index (κ1) is 26.6. The standard InChI is InChI=1S/C30H38N4O3/c1-24-9-11-25(12-10-24)13-17-34(22-27-31-16-20-32(27)2)29(36)30(21-26-7-5-4-6-8-26)14-18-33(19-15-30)28(35)23-37-3/h4-12,16,20H,13-15,17-19,21-23H2,1-3H3. The summed E-state index contributed by atoms with van der Waals surface area (Å²) in [6.07, 6.45) is 6.36. The van der Waals surface area contributed by atoms with Gasteiger partial charge in [-0.1, -0.05) is 60.2 Å². The lowest BCUT2D eigenvalue weighted by atomic mass is 9.72. The fourth-order valence-electron chi connectivity index (χ4n) is 5.18. The number of rotatable bonds is 10. The Morgan fingerprint density at radius 3 is 2.35 bits per heavy atom. The fourth-order valence-corrected chi connectivity index (χ4v) is 5.18. The van der Waals surface area contributed by atoms with E-state index in [1.165, 1.54) is 18.2 Å². The quantitative estimate of drug-likeness (QED) is 0.423. The lowest BCUT2D eigenvalue weighted by Gasteiger charge is -2.43.